The van der Waals surface area contributed by atoms with Gasteiger partial charge in [0.15, 0.2) is 0 Å². The van der Waals surface area contributed by atoms with Gasteiger partial charge in [-0.25, -0.2) is 0 Å². The Bertz CT molecular complexity index is 758. The average molecular weight is 353 g/mol. The van der Waals surface area contributed by atoms with E-state index in [1.165, 1.54) is 0 Å². The maximum atomic E-state index is 12.1. The standard InChI is InChI=1S/C20H23N3O3/c1-14(22-20(26)16-6-4-3-5-7-16)12-19(25)23-17-10-8-15(9-11-17)13-18(24)21-2/h3-11,14H,12-13H2,1-2H3,(H,21,24)(H,22,26)(H,23,25). The Morgan fingerprint density at radius 3 is 2.19 bits per heavy atom. The van der Waals surface area contributed by atoms with Gasteiger partial charge in [-0.1, -0.05) is 30.3 Å². The summed E-state index contributed by atoms with van der Waals surface area (Å²) in [5, 5.41) is 8.16. The van der Waals surface area contributed by atoms with Gasteiger partial charge in [0, 0.05) is 30.8 Å². The van der Waals surface area contributed by atoms with Crippen LogP contribution in [-0.2, 0) is 16.0 Å². The van der Waals surface area contributed by atoms with E-state index in [9.17, 15) is 14.4 Å². The molecule has 0 heterocycles. The third-order valence-electron chi connectivity index (χ3n) is 3.79. The number of likely N-dealkylation sites (N-methyl/N-ethyl adjacent to an activating group) is 1. The Kier molecular flexibility index (Phi) is 6.91. The van der Waals surface area contributed by atoms with Crippen molar-refractivity contribution in [2.45, 2.75) is 25.8 Å². The van der Waals surface area contributed by atoms with Crippen LogP contribution in [0.5, 0.6) is 0 Å². The summed E-state index contributed by atoms with van der Waals surface area (Å²) in [5.74, 6) is -0.459. The van der Waals surface area contributed by atoms with Gasteiger partial charge >= 0.3 is 0 Å². The van der Waals surface area contributed by atoms with E-state index in [4.69, 9.17) is 0 Å². The Hall–Kier alpha value is -3.15. The minimum atomic E-state index is -0.296. The monoisotopic (exact) mass is 353 g/mol. The van der Waals surface area contributed by atoms with E-state index in [-0.39, 0.29) is 30.2 Å². The predicted octanol–water partition coefficient (Wildman–Crippen LogP) is 2.12. The van der Waals surface area contributed by atoms with Crippen LogP contribution in [0.4, 0.5) is 5.69 Å². The molecule has 0 spiro atoms. The Morgan fingerprint density at radius 2 is 1.58 bits per heavy atom. The minimum Gasteiger partial charge on any atom is -0.359 e. The van der Waals surface area contributed by atoms with Gasteiger partial charge in [-0.3, -0.25) is 14.4 Å². The number of rotatable bonds is 7. The van der Waals surface area contributed by atoms with Crippen LogP contribution in [0, 0.1) is 0 Å². The van der Waals surface area contributed by atoms with E-state index in [0.717, 1.165) is 5.56 Å². The smallest absolute Gasteiger partial charge is 0.251 e. The van der Waals surface area contributed by atoms with Crippen LogP contribution in [0.3, 0.4) is 0 Å². The molecule has 0 aromatic heterocycles. The van der Waals surface area contributed by atoms with Gasteiger partial charge in [0.1, 0.15) is 0 Å². The van der Waals surface area contributed by atoms with Gasteiger partial charge in [-0.05, 0) is 36.8 Å². The molecule has 2 rings (SSSR count). The molecule has 26 heavy (non-hydrogen) atoms. The molecule has 0 aliphatic rings. The number of benzene rings is 2. The molecular formula is C20H23N3O3. The summed E-state index contributed by atoms with van der Waals surface area (Å²) in [6.45, 7) is 1.78. The lowest BCUT2D eigenvalue weighted by Gasteiger charge is -2.14. The lowest BCUT2D eigenvalue weighted by molar-refractivity contribution is -0.120. The second-order valence-electron chi connectivity index (χ2n) is 6.04. The fraction of sp³-hybridized carbons (Fsp3) is 0.250. The Balaban J connectivity index is 1.82. The van der Waals surface area contributed by atoms with E-state index in [1.54, 1.807) is 62.5 Å². The predicted molar refractivity (Wildman–Crippen MR) is 101 cm³/mol. The fourth-order valence-electron chi connectivity index (χ4n) is 2.42. The van der Waals surface area contributed by atoms with Crippen molar-refractivity contribution in [2.75, 3.05) is 12.4 Å². The van der Waals surface area contributed by atoms with Gasteiger partial charge in [0.2, 0.25) is 11.8 Å². The van der Waals surface area contributed by atoms with E-state index in [2.05, 4.69) is 16.0 Å². The van der Waals surface area contributed by atoms with Crippen LogP contribution in [0.25, 0.3) is 0 Å². The summed E-state index contributed by atoms with van der Waals surface area (Å²) in [6.07, 6.45) is 0.464. The molecule has 0 fully saturated rings. The maximum Gasteiger partial charge on any atom is 0.251 e. The van der Waals surface area contributed by atoms with Crippen molar-refractivity contribution in [3.8, 4) is 0 Å². The molecule has 136 valence electrons. The normalized spacial score (nSPS) is 11.3. The molecule has 0 bridgehead atoms. The highest BCUT2D eigenvalue weighted by molar-refractivity contribution is 5.95. The van der Waals surface area contributed by atoms with Gasteiger partial charge in [-0.15, -0.1) is 0 Å². The maximum absolute atomic E-state index is 12.1. The summed E-state index contributed by atoms with van der Waals surface area (Å²) in [6, 6.07) is 15.7. The van der Waals surface area contributed by atoms with Crippen molar-refractivity contribution in [3.63, 3.8) is 0 Å². The zero-order valence-corrected chi connectivity index (χ0v) is 14.9. The average Bonchev–Trinajstić information content (AvgIpc) is 2.63. The molecule has 0 saturated carbocycles. The molecule has 0 aliphatic carbocycles. The molecule has 1 unspecified atom stereocenters. The van der Waals surface area contributed by atoms with Crippen molar-refractivity contribution in [1.29, 1.82) is 0 Å². The number of carbonyl (C=O) groups is 3. The van der Waals surface area contributed by atoms with Gasteiger partial charge in [0.25, 0.3) is 5.91 Å². The van der Waals surface area contributed by atoms with Crippen molar-refractivity contribution >= 4 is 23.4 Å². The molecule has 0 radical (unpaired) electrons. The Morgan fingerprint density at radius 1 is 0.923 bits per heavy atom. The van der Waals surface area contributed by atoms with Gasteiger partial charge < -0.3 is 16.0 Å². The van der Waals surface area contributed by atoms with Crippen LogP contribution in [0.15, 0.2) is 54.6 Å². The highest BCUT2D eigenvalue weighted by atomic mass is 16.2. The Labute approximate surface area is 153 Å². The van der Waals surface area contributed by atoms with E-state index in [1.807, 2.05) is 6.07 Å². The number of hydrogen-bond acceptors (Lipinski definition) is 3. The molecule has 0 saturated heterocycles. The molecule has 3 amide bonds. The minimum absolute atomic E-state index is 0.0650. The van der Waals surface area contributed by atoms with Crippen LogP contribution in [0.2, 0.25) is 0 Å². The topological polar surface area (TPSA) is 87.3 Å². The molecule has 1 atom stereocenters. The molecule has 6 nitrogen and oxygen atoms in total. The lowest BCUT2D eigenvalue weighted by atomic mass is 10.1. The zero-order chi connectivity index (χ0) is 18.9. The highest BCUT2D eigenvalue weighted by Gasteiger charge is 2.13. The summed E-state index contributed by atoms with van der Waals surface area (Å²) in [4.78, 5) is 35.5. The number of amides is 3. The third kappa shape index (κ3) is 6.05. The van der Waals surface area contributed by atoms with Gasteiger partial charge in [0.05, 0.1) is 6.42 Å². The molecular weight excluding hydrogens is 330 g/mol. The number of nitrogens with one attached hydrogen (secondary N) is 3. The van der Waals surface area contributed by atoms with Crippen LogP contribution in [0.1, 0.15) is 29.3 Å². The molecule has 3 N–H and O–H groups in total. The van der Waals surface area contributed by atoms with Crippen LogP contribution < -0.4 is 16.0 Å². The van der Waals surface area contributed by atoms with E-state index in [0.29, 0.717) is 17.7 Å². The quantitative estimate of drug-likeness (QED) is 0.712. The second kappa shape index (κ2) is 9.36. The third-order valence-corrected chi connectivity index (χ3v) is 3.79. The molecule has 2 aromatic carbocycles. The first kappa shape index (κ1) is 19.2. The zero-order valence-electron chi connectivity index (χ0n) is 14.9. The first-order valence-corrected chi connectivity index (χ1v) is 8.43. The SMILES string of the molecule is CNC(=O)Cc1ccc(NC(=O)CC(C)NC(=O)c2ccccc2)cc1. The summed E-state index contributed by atoms with van der Waals surface area (Å²) in [5.41, 5.74) is 2.08. The number of anilines is 1. The van der Waals surface area contributed by atoms with Crippen LogP contribution >= 0.6 is 0 Å². The first-order valence-electron chi connectivity index (χ1n) is 8.43. The summed E-state index contributed by atoms with van der Waals surface area (Å²) >= 11 is 0. The summed E-state index contributed by atoms with van der Waals surface area (Å²) in [7, 11) is 1.59. The lowest BCUT2D eigenvalue weighted by Crippen LogP contribution is -2.35. The van der Waals surface area contributed by atoms with Gasteiger partial charge in [-0.2, -0.15) is 0 Å². The summed E-state index contributed by atoms with van der Waals surface area (Å²) < 4.78 is 0. The first-order chi connectivity index (χ1) is 12.5. The number of hydrogen-bond donors (Lipinski definition) is 3. The largest absolute Gasteiger partial charge is 0.359 e. The fourth-order valence-corrected chi connectivity index (χ4v) is 2.42. The van der Waals surface area contributed by atoms with Crippen molar-refractivity contribution in [2.24, 2.45) is 0 Å². The number of carbonyl (C=O) groups excluding carboxylic acids is 3. The van der Waals surface area contributed by atoms with Crippen molar-refractivity contribution in [3.05, 3.63) is 65.7 Å². The van der Waals surface area contributed by atoms with Crippen LogP contribution in [-0.4, -0.2) is 30.8 Å². The van der Waals surface area contributed by atoms with E-state index >= 15 is 0 Å². The molecule has 2 aromatic rings. The van der Waals surface area contributed by atoms with Crippen molar-refractivity contribution < 1.29 is 14.4 Å². The molecule has 0 aliphatic heterocycles. The van der Waals surface area contributed by atoms with Crippen molar-refractivity contribution in [1.82, 2.24) is 10.6 Å². The highest BCUT2D eigenvalue weighted by Crippen LogP contribution is 2.11. The molecule has 6 heteroatoms. The van der Waals surface area contributed by atoms with E-state index < -0.39 is 0 Å². The second-order valence-corrected chi connectivity index (χ2v) is 6.04.